The van der Waals surface area contributed by atoms with E-state index >= 15 is 0 Å². The molecule has 1 atom stereocenters. The van der Waals surface area contributed by atoms with Crippen molar-refractivity contribution < 1.29 is 14.0 Å². The molecule has 4 nitrogen and oxygen atoms in total. The summed E-state index contributed by atoms with van der Waals surface area (Å²) < 4.78 is 13.2. The number of hydrogen-bond acceptors (Lipinski definition) is 3. The summed E-state index contributed by atoms with van der Waals surface area (Å²) >= 11 is 7.47. The zero-order valence-electron chi connectivity index (χ0n) is 14.1. The number of nitrogens with one attached hydrogen (secondary N) is 2. The van der Waals surface area contributed by atoms with Crippen molar-refractivity contribution in [3.63, 3.8) is 0 Å². The molecule has 0 aliphatic heterocycles. The molecule has 2 N–H and O–H groups in total. The molecule has 0 bridgehead atoms. The van der Waals surface area contributed by atoms with Crippen LogP contribution in [-0.2, 0) is 4.79 Å². The molecule has 0 aliphatic rings. The summed E-state index contributed by atoms with van der Waals surface area (Å²) in [4.78, 5) is 25.5. The minimum Gasteiger partial charge on any atom is -0.343 e. The van der Waals surface area contributed by atoms with E-state index in [1.807, 2.05) is 17.5 Å². The third-order valence-corrected chi connectivity index (χ3v) is 5.13. The van der Waals surface area contributed by atoms with E-state index < -0.39 is 11.9 Å². The molecule has 0 spiro atoms. The van der Waals surface area contributed by atoms with Crippen molar-refractivity contribution in [2.24, 2.45) is 0 Å². The van der Waals surface area contributed by atoms with E-state index in [1.54, 1.807) is 36.4 Å². The van der Waals surface area contributed by atoms with E-state index in [0.29, 0.717) is 10.6 Å². The van der Waals surface area contributed by atoms with Crippen LogP contribution in [0.1, 0.15) is 26.8 Å². The first-order chi connectivity index (χ1) is 13.0. The molecule has 0 fully saturated rings. The Morgan fingerprint density at radius 1 is 1.04 bits per heavy atom. The zero-order valence-corrected chi connectivity index (χ0v) is 15.7. The molecule has 0 radical (unpaired) electrons. The van der Waals surface area contributed by atoms with Gasteiger partial charge in [-0.3, -0.25) is 9.59 Å². The van der Waals surface area contributed by atoms with Crippen LogP contribution < -0.4 is 10.6 Å². The van der Waals surface area contributed by atoms with E-state index in [2.05, 4.69) is 10.6 Å². The molecule has 0 saturated carbocycles. The lowest BCUT2D eigenvalue weighted by atomic mass is 10.1. The van der Waals surface area contributed by atoms with Crippen molar-refractivity contribution >= 4 is 34.8 Å². The smallest absolute Gasteiger partial charge is 0.253 e. The number of carbonyl (C=O) groups excluding carboxylic acids is 2. The number of halogens is 2. The highest BCUT2D eigenvalue weighted by Crippen LogP contribution is 2.26. The molecule has 2 aromatic carbocycles. The molecule has 1 unspecified atom stereocenters. The summed E-state index contributed by atoms with van der Waals surface area (Å²) in [5, 5.41) is 7.65. The summed E-state index contributed by atoms with van der Waals surface area (Å²) in [7, 11) is 0. The normalized spacial score (nSPS) is 11.6. The van der Waals surface area contributed by atoms with E-state index in [-0.39, 0.29) is 18.3 Å². The van der Waals surface area contributed by atoms with Gasteiger partial charge in [0.1, 0.15) is 5.82 Å². The average Bonchev–Trinajstić information content (AvgIpc) is 3.20. The summed E-state index contributed by atoms with van der Waals surface area (Å²) in [6.07, 6.45) is 0. The van der Waals surface area contributed by atoms with Gasteiger partial charge in [0.05, 0.1) is 23.2 Å². The summed E-state index contributed by atoms with van der Waals surface area (Å²) in [5.74, 6) is -1.13. The minimum absolute atomic E-state index is 0.201. The highest BCUT2D eigenvalue weighted by molar-refractivity contribution is 7.10. The number of thiophene rings is 1. The van der Waals surface area contributed by atoms with E-state index in [9.17, 15) is 14.0 Å². The lowest BCUT2D eigenvalue weighted by Gasteiger charge is -2.18. The van der Waals surface area contributed by atoms with E-state index in [0.717, 1.165) is 10.4 Å². The zero-order chi connectivity index (χ0) is 19.2. The standard InChI is InChI=1S/C20H16ClFN2O2S/c21-16-5-2-1-4-15(16)20(26)23-12-18(25)24-19(17-6-3-11-27-17)13-7-9-14(22)10-8-13/h1-11,19H,12H2,(H,23,26)(H,24,25). The van der Waals surface area contributed by atoms with Gasteiger partial charge in [0.15, 0.2) is 0 Å². The maximum atomic E-state index is 13.2. The van der Waals surface area contributed by atoms with Gasteiger partial charge in [0.2, 0.25) is 5.91 Å². The van der Waals surface area contributed by atoms with E-state index in [4.69, 9.17) is 11.6 Å². The van der Waals surface area contributed by atoms with E-state index in [1.165, 1.54) is 23.5 Å². The first kappa shape index (κ1) is 19.1. The van der Waals surface area contributed by atoms with Crippen molar-refractivity contribution in [2.45, 2.75) is 6.04 Å². The summed E-state index contributed by atoms with van der Waals surface area (Å²) in [6.45, 7) is -0.201. The lowest BCUT2D eigenvalue weighted by molar-refractivity contribution is -0.120. The van der Waals surface area contributed by atoms with Crippen LogP contribution in [0.15, 0.2) is 66.0 Å². The van der Waals surface area contributed by atoms with Crippen molar-refractivity contribution in [2.75, 3.05) is 6.54 Å². The van der Waals surface area contributed by atoms with Gasteiger partial charge in [0.25, 0.3) is 5.91 Å². The van der Waals surface area contributed by atoms with Crippen LogP contribution in [-0.4, -0.2) is 18.4 Å². The molecule has 138 valence electrons. The van der Waals surface area contributed by atoms with Gasteiger partial charge in [-0.2, -0.15) is 0 Å². The van der Waals surface area contributed by atoms with Gasteiger partial charge in [-0.25, -0.2) is 4.39 Å². The van der Waals surface area contributed by atoms with Crippen molar-refractivity contribution in [3.8, 4) is 0 Å². The van der Waals surface area contributed by atoms with Gasteiger partial charge in [-0.05, 0) is 41.3 Å². The Morgan fingerprint density at radius 3 is 2.44 bits per heavy atom. The van der Waals surface area contributed by atoms with Crippen LogP contribution in [0.5, 0.6) is 0 Å². The maximum absolute atomic E-state index is 13.2. The first-order valence-electron chi connectivity index (χ1n) is 8.15. The van der Waals surface area contributed by atoms with Gasteiger partial charge in [0, 0.05) is 4.88 Å². The number of carbonyl (C=O) groups is 2. The maximum Gasteiger partial charge on any atom is 0.253 e. The average molecular weight is 403 g/mol. The molecule has 3 aromatic rings. The fraction of sp³-hybridized carbons (Fsp3) is 0.100. The molecule has 1 heterocycles. The van der Waals surface area contributed by atoms with Crippen LogP contribution in [0.3, 0.4) is 0 Å². The fourth-order valence-electron chi connectivity index (χ4n) is 2.54. The molecule has 0 aliphatic carbocycles. The number of hydrogen-bond donors (Lipinski definition) is 2. The number of rotatable bonds is 6. The van der Waals surface area contributed by atoms with Crippen molar-refractivity contribution in [1.29, 1.82) is 0 Å². The second-order valence-electron chi connectivity index (χ2n) is 5.73. The monoisotopic (exact) mass is 402 g/mol. The number of benzene rings is 2. The van der Waals surface area contributed by atoms with Crippen LogP contribution >= 0.6 is 22.9 Å². The van der Waals surface area contributed by atoms with Crippen LogP contribution in [0.25, 0.3) is 0 Å². The van der Waals surface area contributed by atoms with Gasteiger partial charge in [-0.15, -0.1) is 11.3 Å². The summed E-state index contributed by atoms with van der Waals surface area (Å²) in [5.41, 5.74) is 1.06. The molecule has 2 amide bonds. The Kier molecular flexibility index (Phi) is 6.21. The largest absolute Gasteiger partial charge is 0.343 e. The Bertz CT molecular complexity index is 929. The van der Waals surface area contributed by atoms with Crippen molar-refractivity contribution in [3.05, 3.63) is 92.9 Å². The Morgan fingerprint density at radius 2 is 1.78 bits per heavy atom. The Labute approximate surface area is 165 Å². The topological polar surface area (TPSA) is 58.2 Å². The van der Waals surface area contributed by atoms with Crippen LogP contribution in [0.2, 0.25) is 5.02 Å². The predicted octanol–water partition coefficient (Wildman–Crippen LogP) is 4.18. The highest BCUT2D eigenvalue weighted by Gasteiger charge is 2.19. The Balaban J connectivity index is 1.67. The van der Waals surface area contributed by atoms with Crippen LogP contribution in [0.4, 0.5) is 4.39 Å². The van der Waals surface area contributed by atoms with Gasteiger partial charge >= 0.3 is 0 Å². The fourth-order valence-corrected chi connectivity index (χ4v) is 3.57. The molecule has 7 heteroatoms. The highest BCUT2D eigenvalue weighted by atomic mass is 35.5. The molecule has 3 rings (SSSR count). The second-order valence-corrected chi connectivity index (χ2v) is 7.12. The van der Waals surface area contributed by atoms with Crippen LogP contribution in [0, 0.1) is 5.82 Å². The summed E-state index contributed by atoms with van der Waals surface area (Å²) in [6, 6.07) is 15.9. The first-order valence-corrected chi connectivity index (χ1v) is 9.41. The Hall–Kier alpha value is -2.70. The predicted molar refractivity (Wildman–Crippen MR) is 104 cm³/mol. The van der Waals surface area contributed by atoms with Crippen molar-refractivity contribution in [1.82, 2.24) is 10.6 Å². The second kappa shape index (κ2) is 8.79. The minimum atomic E-state index is -0.426. The molecule has 27 heavy (non-hydrogen) atoms. The molecule has 1 aromatic heterocycles. The van der Waals surface area contributed by atoms with Gasteiger partial charge in [-0.1, -0.05) is 41.9 Å². The molecular formula is C20H16ClFN2O2S. The molecule has 0 saturated heterocycles. The van der Waals surface area contributed by atoms with Gasteiger partial charge < -0.3 is 10.6 Å². The molecular weight excluding hydrogens is 387 g/mol. The quantitative estimate of drug-likeness (QED) is 0.650. The SMILES string of the molecule is O=C(CNC(=O)c1ccccc1Cl)NC(c1ccc(F)cc1)c1cccs1. The third-order valence-electron chi connectivity index (χ3n) is 3.86. The lowest BCUT2D eigenvalue weighted by Crippen LogP contribution is -2.38. The third kappa shape index (κ3) is 4.93. The number of amides is 2.